The fraction of sp³-hybridized carbons (Fsp3) is 0.333. The van der Waals surface area contributed by atoms with Gasteiger partial charge in [0.2, 0.25) is 5.91 Å². The van der Waals surface area contributed by atoms with Gasteiger partial charge in [-0.25, -0.2) is 8.78 Å². The average molecular weight is 485 g/mol. The molecule has 162 valence electrons. The summed E-state index contributed by atoms with van der Waals surface area (Å²) in [4.78, 5) is 24.4. The fourth-order valence-corrected chi connectivity index (χ4v) is 2.91. The van der Waals surface area contributed by atoms with Gasteiger partial charge in [0, 0.05) is 42.6 Å². The number of carbonyl (C=O) groups excluding carboxylic acids is 1. The zero-order valence-electron chi connectivity index (χ0n) is 16.8. The summed E-state index contributed by atoms with van der Waals surface area (Å²) < 4.78 is 33.9. The van der Waals surface area contributed by atoms with Crippen molar-refractivity contribution in [1.29, 1.82) is 0 Å². The van der Waals surface area contributed by atoms with E-state index in [1.54, 1.807) is 26.8 Å². The molecule has 0 saturated carbocycles. The molecule has 0 aliphatic rings. The molecule has 1 heterocycles. The molecule has 0 aliphatic heterocycles. The third-order valence-electron chi connectivity index (χ3n) is 4.07. The molecule has 1 amide bonds. The Kier molecular flexibility index (Phi) is 7.91. The second kappa shape index (κ2) is 9.99. The van der Waals surface area contributed by atoms with Gasteiger partial charge in [-0.2, -0.15) is 0 Å². The Balaban J connectivity index is 2.08. The average Bonchev–Trinajstić information content (AvgIpc) is 2.65. The van der Waals surface area contributed by atoms with Crippen LogP contribution in [-0.2, 0) is 17.9 Å². The first-order valence-electron chi connectivity index (χ1n) is 9.11. The number of nitrogens with one attached hydrogen (secondary N) is 1. The topological polar surface area (TPSA) is 80.6 Å². The summed E-state index contributed by atoms with van der Waals surface area (Å²) in [7, 11) is 0. The van der Waals surface area contributed by atoms with Gasteiger partial charge >= 0.3 is 0 Å². The molecule has 0 saturated heterocycles. The summed E-state index contributed by atoms with van der Waals surface area (Å²) in [5.74, 6) is -1.57. The van der Waals surface area contributed by atoms with E-state index in [1.807, 2.05) is 0 Å². The molecule has 0 bridgehead atoms. The van der Waals surface area contributed by atoms with Crippen molar-refractivity contribution in [2.24, 2.45) is 0 Å². The van der Waals surface area contributed by atoms with Crippen molar-refractivity contribution in [2.45, 2.75) is 39.5 Å². The quantitative estimate of drug-likeness (QED) is 0.563. The van der Waals surface area contributed by atoms with Gasteiger partial charge in [0.1, 0.15) is 28.5 Å². The van der Waals surface area contributed by atoms with Gasteiger partial charge in [-0.05, 0) is 48.8 Å². The lowest BCUT2D eigenvalue weighted by molar-refractivity contribution is -0.117. The first kappa shape index (κ1) is 23.8. The third-order valence-corrected chi connectivity index (χ3v) is 4.80. The van der Waals surface area contributed by atoms with Crippen molar-refractivity contribution in [3.05, 3.63) is 74.1 Å². The lowest BCUT2D eigenvalue weighted by Crippen LogP contribution is -2.37. The lowest BCUT2D eigenvalue weighted by Gasteiger charge is -2.16. The molecule has 0 fully saturated rings. The number of aryl methyl sites for hydroxylation is 1. The van der Waals surface area contributed by atoms with Gasteiger partial charge < -0.3 is 19.7 Å². The number of pyridine rings is 1. The van der Waals surface area contributed by atoms with Crippen LogP contribution in [0.4, 0.5) is 8.78 Å². The van der Waals surface area contributed by atoms with Crippen molar-refractivity contribution in [3.8, 4) is 5.75 Å². The van der Waals surface area contributed by atoms with E-state index in [4.69, 9.17) is 4.74 Å². The minimum Gasteiger partial charge on any atom is -0.487 e. The molecule has 2 N–H and O–H groups in total. The summed E-state index contributed by atoms with van der Waals surface area (Å²) in [5.41, 5.74) is -0.676. The van der Waals surface area contributed by atoms with E-state index in [2.05, 4.69) is 21.2 Å². The summed E-state index contributed by atoms with van der Waals surface area (Å²) in [6.45, 7) is 4.92. The van der Waals surface area contributed by atoms with Crippen LogP contribution < -0.4 is 15.6 Å². The minimum absolute atomic E-state index is 0.0986. The van der Waals surface area contributed by atoms with E-state index in [-0.39, 0.29) is 46.9 Å². The number of amides is 1. The van der Waals surface area contributed by atoms with Crippen LogP contribution in [-0.4, -0.2) is 27.7 Å². The lowest BCUT2D eigenvalue weighted by atomic mass is 10.1. The number of hydrogen-bond donors (Lipinski definition) is 2. The minimum atomic E-state index is -1.02. The van der Waals surface area contributed by atoms with Gasteiger partial charge in [0.25, 0.3) is 5.56 Å². The molecule has 2 aromatic rings. The maximum atomic E-state index is 13.7. The third kappa shape index (κ3) is 6.77. The molecule has 1 aromatic carbocycles. The Morgan fingerprint density at radius 3 is 2.67 bits per heavy atom. The van der Waals surface area contributed by atoms with Crippen molar-refractivity contribution >= 4 is 21.8 Å². The van der Waals surface area contributed by atoms with Crippen LogP contribution in [0.25, 0.3) is 0 Å². The summed E-state index contributed by atoms with van der Waals surface area (Å²) in [6, 6.07) is 4.78. The predicted molar refractivity (Wildman–Crippen MR) is 112 cm³/mol. The van der Waals surface area contributed by atoms with Crippen molar-refractivity contribution in [1.82, 2.24) is 9.88 Å². The van der Waals surface area contributed by atoms with Crippen LogP contribution in [0.5, 0.6) is 5.75 Å². The van der Waals surface area contributed by atoms with Gasteiger partial charge in [-0.15, -0.1) is 0 Å². The Hall–Kier alpha value is -2.52. The number of allylic oxidation sites excluding steroid dienone is 1. The van der Waals surface area contributed by atoms with Gasteiger partial charge in [0.15, 0.2) is 0 Å². The highest BCUT2D eigenvalue weighted by Crippen LogP contribution is 2.24. The van der Waals surface area contributed by atoms with E-state index in [0.29, 0.717) is 5.69 Å². The van der Waals surface area contributed by atoms with Crippen LogP contribution in [0.2, 0.25) is 0 Å². The summed E-state index contributed by atoms with van der Waals surface area (Å²) in [5, 5.41) is 12.2. The monoisotopic (exact) mass is 484 g/mol. The molecule has 30 heavy (non-hydrogen) atoms. The number of hydrogen-bond acceptors (Lipinski definition) is 4. The van der Waals surface area contributed by atoms with E-state index in [1.165, 1.54) is 22.8 Å². The van der Waals surface area contributed by atoms with Crippen LogP contribution in [0.3, 0.4) is 0 Å². The van der Waals surface area contributed by atoms with Crippen molar-refractivity contribution in [2.75, 3.05) is 6.54 Å². The van der Waals surface area contributed by atoms with Crippen LogP contribution >= 0.6 is 15.9 Å². The molecule has 0 atom stereocenters. The number of aromatic nitrogens is 1. The fourth-order valence-electron chi connectivity index (χ4n) is 2.47. The van der Waals surface area contributed by atoms with E-state index < -0.39 is 17.2 Å². The first-order valence-corrected chi connectivity index (χ1v) is 9.90. The molecule has 0 aliphatic carbocycles. The molecular weight excluding hydrogens is 462 g/mol. The maximum Gasteiger partial charge on any atom is 0.269 e. The summed E-state index contributed by atoms with van der Waals surface area (Å²) >= 11 is 3.19. The standard InChI is InChI=1S/C21H23BrF2N2O4/c1-13-9-17(30-11-14-6-7-15(23)10-16(14)24)19(22)20(28)26(13)8-4-5-18(27)25-12-21(2,3)29/h4-7,9-10,29H,8,11-12H2,1-3H3,(H,25,27)/b5-4+. The van der Waals surface area contributed by atoms with Crippen LogP contribution in [0, 0.1) is 18.6 Å². The second-order valence-electron chi connectivity index (χ2n) is 7.34. The van der Waals surface area contributed by atoms with E-state index >= 15 is 0 Å². The molecule has 0 spiro atoms. The molecule has 0 unspecified atom stereocenters. The zero-order chi connectivity index (χ0) is 22.5. The smallest absolute Gasteiger partial charge is 0.269 e. The zero-order valence-corrected chi connectivity index (χ0v) is 18.4. The van der Waals surface area contributed by atoms with Gasteiger partial charge in [-0.1, -0.05) is 6.08 Å². The molecule has 2 rings (SSSR count). The molecule has 0 radical (unpaired) electrons. The maximum absolute atomic E-state index is 13.7. The molecule has 6 nitrogen and oxygen atoms in total. The SMILES string of the molecule is Cc1cc(OCc2ccc(F)cc2F)c(Br)c(=O)n1C/C=C/C(=O)NCC(C)(C)O. The predicted octanol–water partition coefficient (Wildman–Crippen LogP) is 3.22. The Labute approximate surface area is 181 Å². The number of halogens is 3. The van der Waals surface area contributed by atoms with Gasteiger partial charge in [-0.3, -0.25) is 9.59 Å². The number of ether oxygens (including phenoxy) is 1. The normalized spacial score (nSPS) is 11.7. The second-order valence-corrected chi connectivity index (χ2v) is 8.13. The van der Waals surface area contributed by atoms with E-state index in [9.17, 15) is 23.5 Å². The van der Waals surface area contributed by atoms with Crippen LogP contribution in [0.15, 0.2) is 45.7 Å². The van der Waals surface area contributed by atoms with Gasteiger partial charge in [0.05, 0.1) is 5.60 Å². The largest absolute Gasteiger partial charge is 0.487 e. The van der Waals surface area contributed by atoms with Crippen molar-refractivity contribution < 1.29 is 23.4 Å². The number of carbonyl (C=O) groups is 1. The highest BCUT2D eigenvalue weighted by molar-refractivity contribution is 9.10. The van der Waals surface area contributed by atoms with Crippen molar-refractivity contribution in [3.63, 3.8) is 0 Å². The number of rotatable bonds is 8. The highest BCUT2D eigenvalue weighted by Gasteiger charge is 2.14. The van der Waals surface area contributed by atoms with E-state index in [0.717, 1.165) is 12.1 Å². The number of nitrogens with zero attached hydrogens (tertiary/aromatic N) is 1. The Morgan fingerprint density at radius 1 is 1.33 bits per heavy atom. The number of aliphatic hydroxyl groups is 1. The van der Waals surface area contributed by atoms with Crippen LogP contribution in [0.1, 0.15) is 25.1 Å². The molecular formula is C21H23BrF2N2O4. The first-order chi connectivity index (χ1) is 14.0. The highest BCUT2D eigenvalue weighted by atomic mass is 79.9. The molecule has 1 aromatic heterocycles. The molecule has 9 heteroatoms. The Morgan fingerprint density at radius 2 is 2.03 bits per heavy atom. The summed E-state index contributed by atoms with van der Waals surface area (Å²) in [6.07, 6.45) is 2.81. The number of benzene rings is 1. The Bertz CT molecular complexity index is 1010.